The zero-order valence-electron chi connectivity index (χ0n) is 12.7. The largest absolute Gasteiger partial charge is 0.477 e. The third-order valence-corrected chi connectivity index (χ3v) is 3.25. The van der Waals surface area contributed by atoms with Gasteiger partial charge in [0.2, 0.25) is 5.88 Å². The van der Waals surface area contributed by atoms with E-state index < -0.39 is 0 Å². The standard InChI is InChI=1S/C17H20N2O2/c1-4-19(15-11-7-6-9-13(15)3)17(20)14-10-8-12-18-16(14)21-5-2/h6-12H,4-5H2,1-3H3. The number of carbonyl (C=O) groups excluding carboxylic acids is 1. The molecule has 0 aliphatic rings. The van der Waals surface area contributed by atoms with Gasteiger partial charge in [0.25, 0.3) is 5.91 Å². The van der Waals surface area contributed by atoms with Gasteiger partial charge in [0.1, 0.15) is 5.56 Å². The van der Waals surface area contributed by atoms with Crippen LogP contribution in [0.1, 0.15) is 29.8 Å². The zero-order valence-corrected chi connectivity index (χ0v) is 12.7. The molecule has 21 heavy (non-hydrogen) atoms. The molecule has 0 saturated heterocycles. The quantitative estimate of drug-likeness (QED) is 0.844. The lowest BCUT2D eigenvalue weighted by molar-refractivity contribution is 0.0983. The molecule has 0 bridgehead atoms. The highest BCUT2D eigenvalue weighted by Crippen LogP contribution is 2.24. The van der Waals surface area contributed by atoms with E-state index in [0.29, 0.717) is 24.6 Å². The lowest BCUT2D eigenvalue weighted by atomic mass is 10.1. The number of pyridine rings is 1. The first-order valence-corrected chi connectivity index (χ1v) is 7.14. The normalized spacial score (nSPS) is 10.2. The van der Waals surface area contributed by atoms with E-state index in [2.05, 4.69) is 4.98 Å². The van der Waals surface area contributed by atoms with Gasteiger partial charge in [-0.3, -0.25) is 4.79 Å². The van der Waals surface area contributed by atoms with Gasteiger partial charge in [-0.25, -0.2) is 4.98 Å². The maximum atomic E-state index is 12.8. The molecule has 0 radical (unpaired) electrons. The van der Waals surface area contributed by atoms with Crippen LogP contribution in [0.25, 0.3) is 0 Å². The van der Waals surface area contributed by atoms with Crippen molar-refractivity contribution in [2.24, 2.45) is 0 Å². The van der Waals surface area contributed by atoms with E-state index in [-0.39, 0.29) is 5.91 Å². The van der Waals surface area contributed by atoms with Crippen LogP contribution >= 0.6 is 0 Å². The monoisotopic (exact) mass is 284 g/mol. The fourth-order valence-corrected chi connectivity index (χ4v) is 2.24. The number of carbonyl (C=O) groups is 1. The molecule has 2 rings (SSSR count). The molecule has 0 fully saturated rings. The first-order valence-electron chi connectivity index (χ1n) is 7.14. The third-order valence-electron chi connectivity index (χ3n) is 3.25. The lowest BCUT2D eigenvalue weighted by Gasteiger charge is -2.23. The number of hydrogen-bond donors (Lipinski definition) is 0. The smallest absolute Gasteiger partial charge is 0.263 e. The average Bonchev–Trinajstić information content (AvgIpc) is 2.50. The van der Waals surface area contributed by atoms with Gasteiger partial charge in [-0.15, -0.1) is 0 Å². The molecule has 0 N–H and O–H groups in total. The molecule has 0 atom stereocenters. The van der Waals surface area contributed by atoms with Crippen molar-refractivity contribution in [3.63, 3.8) is 0 Å². The average molecular weight is 284 g/mol. The van der Waals surface area contributed by atoms with Crippen LogP contribution in [0.5, 0.6) is 5.88 Å². The molecular weight excluding hydrogens is 264 g/mol. The minimum Gasteiger partial charge on any atom is -0.477 e. The van der Waals surface area contributed by atoms with Crippen LogP contribution in [0.15, 0.2) is 42.6 Å². The Labute approximate surface area is 125 Å². The summed E-state index contributed by atoms with van der Waals surface area (Å²) in [6.45, 7) is 6.90. The maximum absolute atomic E-state index is 12.8. The summed E-state index contributed by atoms with van der Waals surface area (Å²) in [5.41, 5.74) is 2.47. The molecule has 4 heteroatoms. The van der Waals surface area contributed by atoms with Gasteiger partial charge in [0, 0.05) is 18.4 Å². The van der Waals surface area contributed by atoms with Crippen molar-refractivity contribution in [3.8, 4) is 5.88 Å². The Morgan fingerprint density at radius 3 is 2.62 bits per heavy atom. The number of nitrogens with zero attached hydrogens (tertiary/aromatic N) is 2. The molecule has 1 heterocycles. The third kappa shape index (κ3) is 3.21. The van der Waals surface area contributed by atoms with Crippen LogP contribution < -0.4 is 9.64 Å². The predicted octanol–water partition coefficient (Wildman–Crippen LogP) is 3.46. The number of aromatic nitrogens is 1. The maximum Gasteiger partial charge on any atom is 0.263 e. The number of amides is 1. The number of anilines is 1. The summed E-state index contributed by atoms with van der Waals surface area (Å²) in [4.78, 5) is 18.7. The Kier molecular flexibility index (Phi) is 4.93. The molecule has 0 unspecified atom stereocenters. The molecule has 110 valence electrons. The van der Waals surface area contributed by atoms with Crippen molar-refractivity contribution >= 4 is 11.6 Å². The first-order chi connectivity index (χ1) is 10.2. The van der Waals surface area contributed by atoms with Crippen molar-refractivity contribution < 1.29 is 9.53 Å². The molecule has 4 nitrogen and oxygen atoms in total. The van der Waals surface area contributed by atoms with E-state index in [0.717, 1.165) is 11.3 Å². The Hall–Kier alpha value is -2.36. The second-order valence-electron chi connectivity index (χ2n) is 4.63. The Morgan fingerprint density at radius 2 is 1.95 bits per heavy atom. The van der Waals surface area contributed by atoms with Gasteiger partial charge in [-0.2, -0.15) is 0 Å². The SMILES string of the molecule is CCOc1ncccc1C(=O)N(CC)c1ccccc1C. The highest BCUT2D eigenvalue weighted by Gasteiger charge is 2.21. The first kappa shape index (κ1) is 15.0. The number of ether oxygens (including phenoxy) is 1. The van der Waals surface area contributed by atoms with Crippen molar-refractivity contribution in [2.75, 3.05) is 18.1 Å². The van der Waals surface area contributed by atoms with Gasteiger partial charge in [0.05, 0.1) is 6.61 Å². The Balaban J connectivity index is 2.40. The van der Waals surface area contributed by atoms with E-state index in [1.807, 2.05) is 45.0 Å². The second-order valence-corrected chi connectivity index (χ2v) is 4.63. The van der Waals surface area contributed by atoms with Crippen LogP contribution in [-0.2, 0) is 0 Å². The lowest BCUT2D eigenvalue weighted by Crippen LogP contribution is -2.31. The zero-order chi connectivity index (χ0) is 15.2. The van der Waals surface area contributed by atoms with Crippen molar-refractivity contribution in [2.45, 2.75) is 20.8 Å². The Bertz CT molecular complexity index is 626. The minimum absolute atomic E-state index is 0.0941. The number of benzene rings is 1. The number of aryl methyl sites for hydroxylation is 1. The van der Waals surface area contributed by atoms with Gasteiger partial charge < -0.3 is 9.64 Å². The summed E-state index contributed by atoms with van der Waals surface area (Å²) in [7, 11) is 0. The molecule has 0 spiro atoms. The second kappa shape index (κ2) is 6.88. The summed E-state index contributed by atoms with van der Waals surface area (Å²) < 4.78 is 5.46. The summed E-state index contributed by atoms with van der Waals surface area (Å²) >= 11 is 0. The van der Waals surface area contributed by atoms with Crippen molar-refractivity contribution in [1.82, 2.24) is 4.98 Å². The molecule has 1 aromatic heterocycles. The molecular formula is C17H20N2O2. The topological polar surface area (TPSA) is 42.4 Å². The highest BCUT2D eigenvalue weighted by atomic mass is 16.5. The van der Waals surface area contributed by atoms with Crippen LogP contribution in [0.4, 0.5) is 5.69 Å². The molecule has 0 saturated carbocycles. The molecule has 2 aromatic rings. The molecule has 1 aromatic carbocycles. The summed E-state index contributed by atoms with van der Waals surface area (Å²) in [5, 5.41) is 0. The highest BCUT2D eigenvalue weighted by molar-refractivity contribution is 6.07. The molecule has 1 amide bonds. The van der Waals surface area contributed by atoms with Crippen LogP contribution in [0.2, 0.25) is 0 Å². The fourth-order valence-electron chi connectivity index (χ4n) is 2.24. The summed E-state index contributed by atoms with van der Waals surface area (Å²) in [6, 6.07) is 11.4. The number of hydrogen-bond acceptors (Lipinski definition) is 3. The van der Waals surface area contributed by atoms with Crippen molar-refractivity contribution in [3.05, 3.63) is 53.7 Å². The number of para-hydroxylation sites is 1. The van der Waals surface area contributed by atoms with E-state index in [4.69, 9.17) is 4.74 Å². The fraction of sp³-hybridized carbons (Fsp3) is 0.294. The number of rotatable bonds is 5. The van der Waals surface area contributed by atoms with E-state index in [1.54, 1.807) is 23.2 Å². The Morgan fingerprint density at radius 1 is 1.19 bits per heavy atom. The van der Waals surface area contributed by atoms with Crippen molar-refractivity contribution in [1.29, 1.82) is 0 Å². The molecule has 0 aliphatic heterocycles. The summed E-state index contributed by atoms with van der Waals surface area (Å²) in [5.74, 6) is 0.292. The van der Waals surface area contributed by atoms with Crippen LogP contribution in [-0.4, -0.2) is 24.0 Å². The van der Waals surface area contributed by atoms with E-state index >= 15 is 0 Å². The predicted molar refractivity (Wildman–Crippen MR) is 83.9 cm³/mol. The van der Waals surface area contributed by atoms with Gasteiger partial charge in [-0.05, 0) is 44.5 Å². The van der Waals surface area contributed by atoms with E-state index in [9.17, 15) is 4.79 Å². The minimum atomic E-state index is -0.0941. The van der Waals surface area contributed by atoms with Gasteiger partial charge >= 0.3 is 0 Å². The summed E-state index contributed by atoms with van der Waals surface area (Å²) in [6.07, 6.45) is 1.63. The van der Waals surface area contributed by atoms with Gasteiger partial charge in [-0.1, -0.05) is 18.2 Å². The van der Waals surface area contributed by atoms with Gasteiger partial charge in [0.15, 0.2) is 0 Å². The van der Waals surface area contributed by atoms with Crippen LogP contribution in [0, 0.1) is 6.92 Å². The molecule has 0 aliphatic carbocycles. The van der Waals surface area contributed by atoms with E-state index in [1.165, 1.54) is 0 Å². The van der Waals surface area contributed by atoms with Crippen LogP contribution in [0.3, 0.4) is 0 Å².